The Morgan fingerprint density at radius 1 is 1.20 bits per heavy atom. The maximum absolute atomic E-state index is 4.34. The minimum absolute atomic E-state index is 0.923. The molecular formula is C14H21N5S. The normalized spacial score (nSPS) is 10.7. The van der Waals surface area contributed by atoms with E-state index in [1.807, 2.05) is 20.8 Å². The average molecular weight is 291 g/mol. The van der Waals surface area contributed by atoms with Gasteiger partial charge in [-0.3, -0.25) is 5.10 Å². The number of hydrogen-bond donors (Lipinski definition) is 2. The quantitative estimate of drug-likeness (QED) is 0.764. The highest BCUT2D eigenvalue weighted by atomic mass is 32.1. The Kier molecular flexibility index (Phi) is 4.54. The summed E-state index contributed by atoms with van der Waals surface area (Å²) in [6.45, 7) is 11.1. The summed E-state index contributed by atoms with van der Waals surface area (Å²) in [5.74, 6) is 0.923. The van der Waals surface area contributed by atoms with Gasteiger partial charge in [0.1, 0.15) is 4.83 Å². The molecule has 5 nitrogen and oxygen atoms in total. The Morgan fingerprint density at radius 3 is 2.65 bits per heavy atom. The van der Waals surface area contributed by atoms with Crippen molar-refractivity contribution >= 4 is 37.6 Å². The van der Waals surface area contributed by atoms with Gasteiger partial charge in [0.05, 0.1) is 15.9 Å². The number of fused-ring (bicyclic) bond motifs is 3. The number of nitrogens with zero attached hydrogens (tertiary/aromatic N) is 3. The summed E-state index contributed by atoms with van der Waals surface area (Å²) >= 11 is 1.64. The van der Waals surface area contributed by atoms with Crippen molar-refractivity contribution in [3.05, 3.63) is 11.3 Å². The fourth-order valence-corrected chi connectivity index (χ4v) is 3.11. The first-order valence-corrected chi connectivity index (χ1v) is 7.88. The number of H-pyrrole nitrogens is 1. The molecule has 0 saturated heterocycles. The summed E-state index contributed by atoms with van der Waals surface area (Å²) in [4.78, 5) is 0.973. The van der Waals surface area contributed by atoms with Gasteiger partial charge in [-0.15, -0.1) is 16.4 Å². The van der Waals surface area contributed by atoms with Crippen LogP contribution < -0.4 is 5.32 Å². The van der Waals surface area contributed by atoms with E-state index in [9.17, 15) is 0 Å². The summed E-state index contributed by atoms with van der Waals surface area (Å²) in [5.41, 5.74) is 3.22. The van der Waals surface area contributed by atoms with Gasteiger partial charge in [0.2, 0.25) is 0 Å². The fourth-order valence-electron chi connectivity index (χ4n) is 2.01. The van der Waals surface area contributed by atoms with E-state index in [0.717, 1.165) is 44.9 Å². The number of aryl methyl sites for hydroxylation is 2. The van der Waals surface area contributed by atoms with Gasteiger partial charge in [-0.05, 0) is 25.8 Å². The molecule has 0 aliphatic heterocycles. The van der Waals surface area contributed by atoms with Crippen molar-refractivity contribution in [3.63, 3.8) is 0 Å². The van der Waals surface area contributed by atoms with Crippen molar-refractivity contribution < 1.29 is 0 Å². The molecular weight excluding hydrogens is 270 g/mol. The number of aromatic amines is 1. The largest absolute Gasteiger partial charge is 0.367 e. The molecule has 0 atom stereocenters. The summed E-state index contributed by atoms with van der Waals surface area (Å²) < 4.78 is 1.14. The molecule has 0 saturated carbocycles. The van der Waals surface area contributed by atoms with Crippen LogP contribution in [-0.2, 0) is 0 Å². The third kappa shape index (κ3) is 2.35. The Bertz CT molecular complexity index is 713. The molecule has 0 fully saturated rings. The van der Waals surface area contributed by atoms with Crippen molar-refractivity contribution in [2.75, 3.05) is 11.9 Å². The second-order valence-electron chi connectivity index (χ2n) is 4.40. The SMILES string of the molecule is CC.CCCNc1n[nH]c2c1sc1nnc(C)c(C)c12. The molecule has 0 aliphatic rings. The summed E-state index contributed by atoms with van der Waals surface area (Å²) in [6, 6.07) is 0. The topological polar surface area (TPSA) is 66.5 Å². The summed E-state index contributed by atoms with van der Waals surface area (Å²) in [6.07, 6.45) is 1.08. The number of thiophene rings is 1. The number of nitrogens with one attached hydrogen (secondary N) is 2. The van der Waals surface area contributed by atoms with Crippen molar-refractivity contribution in [2.45, 2.75) is 41.0 Å². The zero-order chi connectivity index (χ0) is 14.7. The van der Waals surface area contributed by atoms with Crippen LogP contribution in [0.3, 0.4) is 0 Å². The van der Waals surface area contributed by atoms with Crippen LogP contribution in [0.2, 0.25) is 0 Å². The van der Waals surface area contributed by atoms with Gasteiger partial charge in [0.25, 0.3) is 0 Å². The smallest absolute Gasteiger partial charge is 0.165 e. The fraction of sp³-hybridized carbons (Fsp3) is 0.500. The third-order valence-electron chi connectivity index (χ3n) is 3.14. The molecule has 0 aliphatic carbocycles. The lowest BCUT2D eigenvalue weighted by Crippen LogP contribution is -1.99. The Morgan fingerprint density at radius 2 is 1.95 bits per heavy atom. The van der Waals surface area contributed by atoms with E-state index in [1.54, 1.807) is 11.3 Å². The number of anilines is 1. The highest BCUT2D eigenvalue weighted by Gasteiger charge is 2.16. The lowest BCUT2D eigenvalue weighted by molar-refractivity contribution is 0.963. The Hall–Kier alpha value is -1.69. The van der Waals surface area contributed by atoms with Crippen LogP contribution in [0.25, 0.3) is 20.4 Å². The van der Waals surface area contributed by atoms with Gasteiger partial charge in [-0.2, -0.15) is 10.2 Å². The molecule has 3 aromatic rings. The molecule has 6 heteroatoms. The third-order valence-corrected chi connectivity index (χ3v) is 4.22. The minimum atomic E-state index is 0.923. The van der Waals surface area contributed by atoms with Crippen LogP contribution >= 0.6 is 11.3 Å². The van der Waals surface area contributed by atoms with Crippen LogP contribution in [0.5, 0.6) is 0 Å². The van der Waals surface area contributed by atoms with Crippen molar-refractivity contribution in [1.82, 2.24) is 20.4 Å². The van der Waals surface area contributed by atoms with Crippen LogP contribution in [0.15, 0.2) is 0 Å². The summed E-state index contributed by atoms with van der Waals surface area (Å²) in [7, 11) is 0. The zero-order valence-electron chi connectivity index (χ0n) is 12.7. The highest BCUT2D eigenvalue weighted by molar-refractivity contribution is 7.26. The minimum Gasteiger partial charge on any atom is -0.367 e. The molecule has 0 spiro atoms. The molecule has 0 aromatic carbocycles. The molecule has 0 amide bonds. The second-order valence-corrected chi connectivity index (χ2v) is 5.39. The maximum Gasteiger partial charge on any atom is 0.165 e. The van der Waals surface area contributed by atoms with Crippen LogP contribution in [-0.4, -0.2) is 26.9 Å². The molecule has 3 rings (SSSR count). The van der Waals surface area contributed by atoms with E-state index in [1.165, 1.54) is 5.56 Å². The molecule has 3 aromatic heterocycles. The highest BCUT2D eigenvalue weighted by Crippen LogP contribution is 2.37. The van der Waals surface area contributed by atoms with Gasteiger partial charge in [-0.1, -0.05) is 20.8 Å². The van der Waals surface area contributed by atoms with Gasteiger partial charge in [0, 0.05) is 11.9 Å². The van der Waals surface area contributed by atoms with E-state index in [-0.39, 0.29) is 0 Å². The van der Waals surface area contributed by atoms with Crippen molar-refractivity contribution in [1.29, 1.82) is 0 Å². The summed E-state index contributed by atoms with van der Waals surface area (Å²) in [5, 5.41) is 20.4. The van der Waals surface area contributed by atoms with E-state index < -0.39 is 0 Å². The van der Waals surface area contributed by atoms with E-state index in [0.29, 0.717) is 0 Å². The maximum atomic E-state index is 4.34. The monoisotopic (exact) mass is 291 g/mol. The molecule has 3 heterocycles. The van der Waals surface area contributed by atoms with Crippen LogP contribution in [0.4, 0.5) is 5.82 Å². The van der Waals surface area contributed by atoms with E-state index >= 15 is 0 Å². The average Bonchev–Trinajstić information content (AvgIpc) is 3.02. The molecule has 0 bridgehead atoms. The molecule has 108 valence electrons. The number of aromatic nitrogens is 4. The van der Waals surface area contributed by atoms with Gasteiger partial charge in [0.15, 0.2) is 5.82 Å². The van der Waals surface area contributed by atoms with Crippen LogP contribution in [0.1, 0.15) is 38.4 Å². The Labute approximate surface area is 122 Å². The zero-order valence-corrected chi connectivity index (χ0v) is 13.5. The van der Waals surface area contributed by atoms with Crippen LogP contribution in [0, 0.1) is 13.8 Å². The van der Waals surface area contributed by atoms with Gasteiger partial charge >= 0.3 is 0 Å². The number of rotatable bonds is 3. The standard InChI is InChI=1S/C12H15N5S.C2H6/c1-4-5-13-11-10-9(15-16-11)8-6(2)7(3)14-17-12(8)18-10;1-2/h4-5H2,1-3H3,(H2,13,15,16);1-2H3. The van der Waals surface area contributed by atoms with Crippen molar-refractivity contribution in [3.8, 4) is 0 Å². The second kappa shape index (κ2) is 6.17. The lowest BCUT2D eigenvalue weighted by atomic mass is 10.1. The molecule has 0 radical (unpaired) electrons. The van der Waals surface area contributed by atoms with Crippen molar-refractivity contribution in [2.24, 2.45) is 0 Å². The first-order chi connectivity index (χ1) is 9.72. The molecule has 2 N–H and O–H groups in total. The first-order valence-electron chi connectivity index (χ1n) is 7.06. The van der Waals surface area contributed by atoms with Gasteiger partial charge < -0.3 is 5.32 Å². The number of hydrogen-bond acceptors (Lipinski definition) is 5. The van der Waals surface area contributed by atoms with Gasteiger partial charge in [-0.25, -0.2) is 0 Å². The Balaban J connectivity index is 0.000000704. The lowest BCUT2D eigenvalue weighted by Gasteiger charge is -1.98. The first kappa shape index (κ1) is 14.7. The predicted molar refractivity (Wildman–Crippen MR) is 86.7 cm³/mol. The van der Waals surface area contributed by atoms with E-state index in [4.69, 9.17) is 0 Å². The van der Waals surface area contributed by atoms with E-state index in [2.05, 4.69) is 39.6 Å². The predicted octanol–water partition coefficient (Wildman–Crippen LogP) is 4.03. The molecule has 0 unspecified atom stereocenters. The molecule has 20 heavy (non-hydrogen) atoms.